The smallest absolute Gasteiger partial charge is 0.164 e. The summed E-state index contributed by atoms with van der Waals surface area (Å²) in [5, 5.41) is 12.0. The van der Waals surface area contributed by atoms with Crippen molar-refractivity contribution in [3.8, 4) is 39.9 Å². The molecule has 0 bridgehead atoms. The molecule has 56 heavy (non-hydrogen) atoms. The van der Waals surface area contributed by atoms with Gasteiger partial charge >= 0.3 is 0 Å². The van der Waals surface area contributed by atoms with Crippen LogP contribution in [0.1, 0.15) is 0 Å². The normalized spacial score (nSPS) is 11.9. The molecule has 5 heteroatoms. The number of thiophene rings is 1. The van der Waals surface area contributed by atoms with E-state index in [1.54, 1.807) is 0 Å². The number of fused-ring (bicyclic) bond motifs is 10. The Kier molecular flexibility index (Phi) is 6.76. The highest BCUT2D eigenvalue weighted by molar-refractivity contribution is 7.26. The van der Waals surface area contributed by atoms with Crippen molar-refractivity contribution in [1.29, 1.82) is 0 Å². The van der Waals surface area contributed by atoms with Crippen molar-refractivity contribution < 1.29 is 0 Å². The first-order valence-corrected chi connectivity index (χ1v) is 19.7. The molecular formula is C51H30N4S. The Balaban J connectivity index is 1.18. The maximum atomic E-state index is 5.28. The summed E-state index contributed by atoms with van der Waals surface area (Å²) in [7, 11) is 0. The minimum absolute atomic E-state index is 0.650. The van der Waals surface area contributed by atoms with E-state index < -0.39 is 0 Å². The van der Waals surface area contributed by atoms with E-state index in [-0.39, 0.29) is 0 Å². The Morgan fingerprint density at radius 1 is 0.375 bits per heavy atom. The molecule has 0 fully saturated rings. The van der Waals surface area contributed by atoms with Crippen LogP contribution in [0.3, 0.4) is 0 Å². The second-order valence-corrected chi connectivity index (χ2v) is 15.5. The van der Waals surface area contributed by atoms with E-state index in [4.69, 9.17) is 15.0 Å². The van der Waals surface area contributed by atoms with E-state index in [9.17, 15) is 0 Å². The van der Waals surface area contributed by atoms with E-state index in [0.29, 0.717) is 17.5 Å². The van der Waals surface area contributed by atoms with E-state index in [0.717, 1.165) is 32.8 Å². The highest BCUT2D eigenvalue weighted by Crippen LogP contribution is 2.47. The molecule has 0 aliphatic carbocycles. The molecule has 12 aromatic rings. The molecule has 0 radical (unpaired) electrons. The van der Waals surface area contributed by atoms with Crippen LogP contribution in [-0.4, -0.2) is 19.5 Å². The lowest BCUT2D eigenvalue weighted by Crippen LogP contribution is -2.01. The molecule has 0 aliphatic rings. The van der Waals surface area contributed by atoms with Gasteiger partial charge in [0.25, 0.3) is 0 Å². The molecule has 0 amide bonds. The summed E-state index contributed by atoms with van der Waals surface area (Å²) in [4.78, 5) is 15.6. The van der Waals surface area contributed by atoms with E-state index in [1.807, 2.05) is 29.5 Å². The van der Waals surface area contributed by atoms with Gasteiger partial charge in [-0.1, -0.05) is 146 Å². The van der Waals surface area contributed by atoms with Crippen LogP contribution >= 0.6 is 11.3 Å². The molecule has 0 unspecified atom stereocenters. The standard InChI is InChI=1S/C51H30N4S/c1-2-14-32(15-3-1)49-52-50(37-26-25-31-13-4-5-16-33(31)27-37)54-51(53-49)40-22-12-19-36-30-44(47-39-21-9-11-24-45(39)56-48(47)46(36)40)55-42-23-10-8-20-38(42)41-28-34-17-6-7-18-35(34)29-43(41)55/h1-30H. The van der Waals surface area contributed by atoms with Gasteiger partial charge in [-0.05, 0) is 63.3 Å². The molecule has 0 atom stereocenters. The molecule has 3 heterocycles. The van der Waals surface area contributed by atoms with Gasteiger partial charge in [-0.2, -0.15) is 0 Å². The number of rotatable bonds is 4. The number of para-hydroxylation sites is 1. The lowest BCUT2D eigenvalue weighted by atomic mass is 9.99. The van der Waals surface area contributed by atoms with Crippen LogP contribution < -0.4 is 0 Å². The van der Waals surface area contributed by atoms with Crippen LogP contribution in [0, 0.1) is 0 Å². The van der Waals surface area contributed by atoms with Gasteiger partial charge in [0.1, 0.15) is 0 Å². The minimum Gasteiger partial charge on any atom is -0.309 e. The zero-order valence-corrected chi connectivity index (χ0v) is 30.8. The fourth-order valence-electron chi connectivity index (χ4n) is 8.59. The van der Waals surface area contributed by atoms with Crippen molar-refractivity contribution in [3.05, 3.63) is 182 Å². The number of hydrogen-bond donors (Lipinski definition) is 0. The van der Waals surface area contributed by atoms with Crippen LogP contribution in [0.2, 0.25) is 0 Å². The third-order valence-electron chi connectivity index (χ3n) is 11.2. The third-order valence-corrected chi connectivity index (χ3v) is 12.4. The van der Waals surface area contributed by atoms with Gasteiger partial charge in [0.15, 0.2) is 17.5 Å². The molecular weight excluding hydrogens is 701 g/mol. The summed E-state index contributed by atoms with van der Waals surface area (Å²) < 4.78 is 4.95. The van der Waals surface area contributed by atoms with Gasteiger partial charge in [0, 0.05) is 53.0 Å². The second-order valence-electron chi connectivity index (χ2n) is 14.4. The van der Waals surface area contributed by atoms with Crippen molar-refractivity contribution >= 4 is 85.6 Å². The quantitative estimate of drug-likeness (QED) is 0.181. The van der Waals surface area contributed by atoms with Crippen LogP contribution in [0.15, 0.2) is 182 Å². The average molecular weight is 731 g/mol. The van der Waals surface area contributed by atoms with Gasteiger partial charge < -0.3 is 4.57 Å². The molecule has 12 rings (SSSR count). The average Bonchev–Trinajstić information content (AvgIpc) is 3.81. The van der Waals surface area contributed by atoms with E-state index >= 15 is 0 Å². The number of benzene rings is 9. The van der Waals surface area contributed by atoms with Crippen molar-refractivity contribution in [2.45, 2.75) is 0 Å². The Labute approximate surface area is 325 Å². The third kappa shape index (κ3) is 4.75. The summed E-state index contributed by atoms with van der Waals surface area (Å²) in [6.07, 6.45) is 0. The Bertz CT molecular complexity index is 3540. The van der Waals surface area contributed by atoms with Crippen molar-refractivity contribution in [1.82, 2.24) is 19.5 Å². The van der Waals surface area contributed by atoms with Gasteiger partial charge in [0.2, 0.25) is 0 Å². The van der Waals surface area contributed by atoms with E-state index in [1.165, 1.54) is 63.8 Å². The maximum absolute atomic E-state index is 5.28. The van der Waals surface area contributed by atoms with Crippen LogP contribution in [0.25, 0.3) is 114 Å². The number of hydrogen-bond acceptors (Lipinski definition) is 4. The predicted molar refractivity (Wildman–Crippen MR) is 236 cm³/mol. The maximum Gasteiger partial charge on any atom is 0.164 e. The van der Waals surface area contributed by atoms with E-state index in [2.05, 4.69) is 168 Å². The summed E-state index contributed by atoms with van der Waals surface area (Å²) in [6.45, 7) is 0. The van der Waals surface area contributed by atoms with Gasteiger partial charge in [-0.15, -0.1) is 11.3 Å². The summed E-state index contributed by atoms with van der Waals surface area (Å²) >= 11 is 1.84. The fourth-order valence-corrected chi connectivity index (χ4v) is 9.88. The SMILES string of the molecule is c1ccc(-c2nc(-c3ccc4ccccc4c3)nc(-c3cccc4cc(-n5c6ccccc6c6cc7ccccc7cc65)c5c6ccccc6sc5c34)n2)cc1. The molecule has 0 N–H and O–H groups in total. The van der Waals surface area contributed by atoms with Gasteiger partial charge in [-0.3, -0.25) is 0 Å². The molecule has 9 aromatic carbocycles. The predicted octanol–water partition coefficient (Wildman–Crippen LogP) is 13.8. The highest BCUT2D eigenvalue weighted by atomic mass is 32.1. The Morgan fingerprint density at radius 2 is 1.02 bits per heavy atom. The molecule has 0 saturated carbocycles. The summed E-state index contributed by atoms with van der Waals surface area (Å²) in [5.41, 5.74) is 6.45. The first kappa shape index (κ1) is 31.2. The van der Waals surface area contributed by atoms with Crippen molar-refractivity contribution in [2.24, 2.45) is 0 Å². The van der Waals surface area contributed by atoms with Crippen LogP contribution in [0.4, 0.5) is 0 Å². The first-order valence-electron chi connectivity index (χ1n) is 18.9. The molecule has 0 saturated heterocycles. The molecule has 3 aromatic heterocycles. The first-order chi connectivity index (χ1) is 27.7. The lowest BCUT2D eigenvalue weighted by molar-refractivity contribution is 1.08. The summed E-state index contributed by atoms with van der Waals surface area (Å²) in [5.74, 6) is 1.96. The number of aromatic nitrogens is 4. The lowest BCUT2D eigenvalue weighted by Gasteiger charge is -2.15. The molecule has 260 valence electrons. The monoisotopic (exact) mass is 730 g/mol. The zero-order valence-electron chi connectivity index (χ0n) is 30.0. The minimum atomic E-state index is 0.650. The molecule has 0 aliphatic heterocycles. The highest BCUT2D eigenvalue weighted by Gasteiger charge is 2.22. The second kappa shape index (κ2) is 12.2. The topological polar surface area (TPSA) is 43.6 Å². The Morgan fingerprint density at radius 3 is 1.86 bits per heavy atom. The van der Waals surface area contributed by atoms with Gasteiger partial charge in [0.05, 0.1) is 16.7 Å². The Hall–Kier alpha value is -7.21. The van der Waals surface area contributed by atoms with Crippen molar-refractivity contribution in [2.75, 3.05) is 0 Å². The summed E-state index contributed by atoms with van der Waals surface area (Å²) in [6, 6.07) is 65.0. The largest absolute Gasteiger partial charge is 0.309 e. The van der Waals surface area contributed by atoms with Gasteiger partial charge in [-0.25, -0.2) is 15.0 Å². The van der Waals surface area contributed by atoms with Crippen molar-refractivity contribution in [3.63, 3.8) is 0 Å². The zero-order chi connectivity index (χ0) is 36.7. The molecule has 4 nitrogen and oxygen atoms in total. The molecule has 0 spiro atoms. The number of nitrogens with zero attached hydrogens (tertiary/aromatic N) is 4. The fraction of sp³-hybridized carbons (Fsp3) is 0. The van der Waals surface area contributed by atoms with Crippen LogP contribution in [0.5, 0.6) is 0 Å². The van der Waals surface area contributed by atoms with Crippen LogP contribution in [-0.2, 0) is 0 Å².